The average molecular weight is 514 g/mol. The fourth-order valence-electron chi connectivity index (χ4n) is 5.92. The first-order valence-electron chi connectivity index (χ1n) is 13.6. The maximum absolute atomic E-state index is 13.7. The van der Waals surface area contributed by atoms with E-state index in [0.717, 1.165) is 44.3 Å². The van der Waals surface area contributed by atoms with E-state index >= 15 is 0 Å². The second kappa shape index (κ2) is 10.8. The number of β-amino-alcohol motifs (C(OH)–C–C–N with tert-alkyl or cyclic N) is 1. The van der Waals surface area contributed by atoms with Crippen molar-refractivity contribution in [2.75, 3.05) is 32.1 Å². The molecule has 2 aromatic carbocycles. The Hall–Kier alpha value is -3.33. The summed E-state index contributed by atoms with van der Waals surface area (Å²) in [6, 6.07) is 20.3. The van der Waals surface area contributed by atoms with E-state index in [0.29, 0.717) is 30.4 Å². The van der Waals surface area contributed by atoms with Gasteiger partial charge in [0.2, 0.25) is 0 Å². The highest BCUT2D eigenvalue weighted by molar-refractivity contribution is 5.93. The molecule has 2 aliphatic heterocycles. The molecule has 3 heterocycles. The highest BCUT2D eigenvalue weighted by atomic mass is 16.5. The summed E-state index contributed by atoms with van der Waals surface area (Å²) in [5.41, 5.74) is 3.94. The van der Waals surface area contributed by atoms with Gasteiger partial charge in [-0.15, -0.1) is 0 Å². The predicted octanol–water partition coefficient (Wildman–Crippen LogP) is 3.37. The van der Waals surface area contributed by atoms with Crippen LogP contribution in [0.15, 0.2) is 60.7 Å². The third-order valence-corrected chi connectivity index (χ3v) is 8.22. The van der Waals surface area contributed by atoms with E-state index in [-0.39, 0.29) is 24.1 Å². The fourth-order valence-corrected chi connectivity index (χ4v) is 5.92. The third-order valence-electron chi connectivity index (χ3n) is 8.22. The van der Waals surface area contributed by atoms with Crippen molar-refractivity contribution in [3.63, 3.8) is 0 Å². The largest absolute Gasteiger partial charge is 0.390 e. The summed E-state index contributed by atoms with van der Waals surface area (Å²) in [6.07, 6.45) is 3.20. The van der Waals surface area contributed by atoms with Crippen LogP contribution in [0.1, 0.15) is 40.9 Å². The molecule has 1 saturated heterocycles. The fraction of sp³-hybridized carbons (Fsp3) is 0.433. The molecule has 3 aromatic rings. The molecule has 2 N–H and O–H groups in total. The van der Waals surface area contributed by atoms with Crippen LogP contribution >= 0.6 is 0 Å². The maximum Gasteiger partial charge on any atom is 0.272 e. The summed E-state index contributed by atoms with van der Waals surface area (Å²) in [7, 11) is 1.73. The lowest BCUT2D eigenvalue weighted by Gasteiger charge is -2.43. The van der Waals surface area contributed by atoms with Crippen molar-refractivity contribution in [1.29, 1.82) is 0 Å². The Kier molecular flexibility index (Phi) is 7.10. The highest BCUT2D eigenvalue weighted by Crippen LogP contribution is 2.29. The number of aliphatic hydroxyl groups excluding tert-OH is 1. The lowest BCUT2D eigenvalue weighted by Crippen LogP contribution is -2.56. The van der Waals surface area contributed by atoms with Crippen molar-refractivity contribution < 1.29 is 14.6 Å². The Balaban J connectivity index is 1.17. The summed E-state index contributed by atoms with van der Waals surface area (Å²) in [5.74, 6) is 0.991. The summed E-state index contributed by atoms with van der Waals surface area (Å²) < 4.78 is 5.41. The molecule has 0 spiro atoms. The van der Waals surface area contributed by atoms with Crippen LogP contribution in [0.2, 0.25) is 0 Å². The minimum absolute atomic E-state index is 0.0438. The number of likely N-dealkylation sites (tertiary alicyclic amines) is 1. The molecular weight excluding hydrogens is 478 g/mol. The van der Waals surface area contributed by atoms with E-state index < -0.39 is 6.10 Å². The van der Waals surface area contributed by atoms with E-state index in [1.807, 2.05) is 30.3 Å². The van der Waals surface area contributed by atoms with Gasteiger partial charge in [0.15, 0.2) is 5.82 Å². The molecule has 6 rings (SSSR count). The molecule has 198 valence electrons. The Morgan fingerprint density at radius 1 is 1.03 bits per heavy atom. The molecule has 8 nitrogen and oxygen atoms in total. The van der Waals surface area contributed by atoms with Gasteiger partial charge in [-0.05, 0) is 36.8 Å². The number of aliphatic hydroxyl groups is 1. The van der Waals surface area contributed by atoms with Crippen LogP contribution in [0.5, 0.6) is 0 Å². The number of nitrogens with zero attached hydrogens (tertiary/aromatic N) is 4. The second-order valence-electron chi connectivity index (χ2n) is 10.7. The minimum atomic E-state index is -0.605. The first-order valence-corrected chi connectivity index (χ1v) is 13.6. The smallest absolute Gasteiger partial charge is 0.272 e. The first-order chi connectivity index (χ1) is 18.6. The Morgan fingerprint density at radius 3 is 2.55 bits per heavy atom. The van der Waals surface area contributed by atoms with Gasteiger partial charge in [-0.2, -0.15) is 0 Å². The summed E-state index contributed by atoms with van der Waals surface area (Å²) in [4.78, 5) is 27.2. The van der Waals surface area contributed by atoms with Crippen LogP contribution in [0.25, 0.3) is 11.4 Å². The second-order valence-corrected chi connectivity index (χ2v) is 10.7. The van der Waals surface area contributed by atoms with E-state index in [9.17, 15) is 9.90 Å². The molecule has 1 amide bonds. The number of amides is 1. The quantitative estimate of drug-likeness (QED) is 0.522. The average Bonchev–Trinajstić information content (AvgIpc) is 2.94. The molecule has 1 aromatic heterocycles. The van der Waals surface area contributed by atoms with Crippen LogP contribution in [0.3, 0.4) is 0 Å². The zero-order valence-corrected chi connectivity index (χ0v) is 21.8. The molecule has 3 aliphatic rings. The van der Waals surface area contributed by atoms with Gasteiger partial charge >= 0.3 is 0 Å². The summed E-state index contributed by atoms with van der Waals surface area (Å²) in [6.45, 7) is 2.66. The van der Waals surface area contributed by atoms with Crippen LogP contribution in [-0.2, 0) is 17.7 Å². The Bertz CT molecular complexity index is 1280. The number of methoxy groups -OCH3 is 1. The van der Waals surface area contributed by atoms with Gasteiger partial charge in [0.1, 0.15) is 11.5 Å². The van der Waals surface area contributed by atoms with Crippen molar-refractivity contribution in [3.05, 3.63) is 77.5 Å². The SMILES string of the molecule is COC1CC(Nc2cc(C(=O)N3CC[C@H](N4CCc5ccccc5C4)[C@@H](O)C3)nc(-c3ccccc3)n2)C1. The van der Waals surface area contributed by atoms with Gasteiger partial charge in [-0.1, -0.05) is 54.6 Å². The maximum atomic E-state index is 13.7. The summed E-state index contributed by atoms with van der Waals surface area (Å²) >= 11 is 0. The van der Waals surface area contributed by atoms with Crippen LogP contribution < -0.4 is 5.32 Å². The molecule has 0 radical (unpaired) electrons. The van der Waals surface area contributed by atoms with E-state index in [1.54, 1.807) is 18.1 Å². The number of anilines is 1. The zero-order valence-electron chi connectivity index (χ0n) is 21.8. The number of carbonyl (C=O) groups is 1. The van der Waals surface area contributed by atoms with Gasteiger partial charge in [0.25, 0.3) is 5.91 Å². The lowest BCUT2D eigenvalue weighted by molar-refractivity contribution is -0.0139. The molecule has 1 aliphatic carbocycles. The zero-order chi connectivity index (χ0) is 26.1. The standard InChI is InChI=1S/C30H35N5O3/c1-38-24-15-23(16-24)31-28-17-25(32-29(33-28)21-8-3-2-4-9-21)30(37)35-14-12-26(27(36)19-35)34-13-11-20-7-5-6-10-22(20)18-34/h2-10,17,23-24,26-27,36H,11-16,18-19H2,1H3,(H,31,32,33)/t23?,24?,26-,27-/m0/s1. The number of piperidine rings is 1. The van der Waals surface area contributed by atoms with Gasteiger partial charge < -0.3 is 20.1 Å². The molecule has 8 heteroatoms. The first kappa shape index (κ1) is 25.0. The van der Waals surface area contributed by atoms with Crippen molar-refractivity contribution >= 4 is 11.7 Å². The van der Waals surface area contributed by atoms with Crippen molar-refractivity contribution in [1.82, 2.24) is 19.8 Å². The van der Waals surface area contributed by atoms with Gasteiger partial charge in [-0.3, -0.25) is 9.69 Å². The summed E-state index contributed by atoms with van der Waals surface area (Å²) in [5, 5.41) is 14.6. The molecule has 1 saturated carbocycles. The number of hydrogen-bond acceptors (Lipinski definition) is 7. The van der Waals surface area contributed by atoms with Gasteiger partial charge in [0, 0.05) is 57.0 Å². The Morgan fingerprint density at radius 2 is 1.79 bits per heavy atom. The number of benzene rings is 2. The topological polar surface area (TPSA) is 90.8 Å². The number of fused-ring (bicyclic) bond motifs is 1. The van der Waals surface area contributed by atoms with Crippen molar-refractivity contribution in [2.24, 2.45) is 0 Å². The molecule has 0 bridgehead atoms. The molecule has 2 fully saturated rings. The number of ether oxygens (including phenoxy) is 1. The predicted molar refractivity (Wildman–Crippen MR) is 146 cm³/mol. The molecule has 2 atom stereocenters. The van der Waals surface area contributed by atoms with E-state index in [4.69, 9.17) is 9.72 Å². The molecular formula is C30H35N5O3. The van der Waals surface area contributed by atoms with E-state index in [2.05, 4.69) is 39.5 Å². The normalized spacial score (nSPS) is 25.4. The minimum Gasteiger partial charge on any atom is -0.390 e. The number of hydrogen-bond donors (Lipinski definition) is 2. The number of carbonyl (C=O) groups excluding carboxylic acids is 1. The monoisotopic (exact) mass is 513 g/mol. The number of nitrogens with one attached hydrogen (secondary N) is 1. The highest BCUT2D eigenvalue weighted by Gasteiger charge is 2.36. The van der Waals surface area contributed by atoms with Crippen LogP contribution in [-0.4, -0.2) is 81.8 Å². The molecule has 0 unspecified atom stereocenters. The lowest BCUT2D eigenvalue weighted by atomic mass is 9.89. The third kappa shape index (κ3) is 5.16. The molecule has 38 heavy (non-hydrogen) atoms. The Labute approximate surface area is 223 Å². The van der Waals surface area contributed by atoms with Gasteiger partial charge in [-0.25, -0.2) is 9.97 Å². The number of rotatable bonds is 6. The number of aromatic nitrogens is 2. The van der Waals surface area contributed by atoms with Gasteiger partial charge in [0.05, 0.1) is 12.2 Å². The van der Waals surface area contributed by atoms with Crippen molar-refractivity contribution in [3.8, 4) is 11.4 Å². The van der Waals surface area contributed by atoms with E-state index in [1.165, 1.54) is 11.1 Å². The van der Waals surface area contributed by atoms with Crippen LogP contribution in [0.4, 0.5) is 5.82 Å². The van der Waals surface area contributed by atoms with Crippen LogP contribution in [0, 0.1) is 0 Å². The van der Waals surface area contributed by atoms with Crippen molar-refractivity contribution in [2.45, 2.75) is 56.5 Å².